The quantitative estimate of drug-likeness (QED) is 0.828. The minimum Gasteiger partial charge on any atom is -0.399 e. The molecule has 0 bridgehead atoms. The van der Waals surface area contributed by atoms with Gasteiger partial charge in [-0.3, -0.25) is 4.79 Å². The molecule has 0 spiro atoms. The van der Waals surface area contributed by atoms with Crippen molar-refractivity contribution in [2.75, 3.05) is 11.1 Å². The van der Waals surface area contributed by atoms with Crippen LogP contribution < -0.4 is 11.1 Å². The molecule has 1 amide bonds. The van der Waals surface area contributed by atoms with Crippen molar-refractivity contribution in [3.05, 3.63) is 58.6 Å². The fourth-order valence-corrected chi connectivity index (χ4v) is 2.02. The van der Waals surface area contributed by atoms with Gasteiger partial charge < -0.3 is 11.1 Å². The molecule has 0 unspecified atom stereocenters. The van der Waals surface area contributed by atoms with E-state index in [0.29, 0.717) is 27.9 Å². The lowest BCUT2D eigenvalue weighted by Gasteiger charge is -2.09. The fraction of sp³-hybridized carbons (Fsp3) is 0.188. The number of hydrogen-bond donors (Lipinski definition) is 2. The summed E-state index contributed by atoms with van der Waals surface area (Å²) in [6.45, 7) is 4.23. The van der Waals surface area contributed by atoms with Gasteiger partial charge in [0, 0.05) is 11.3 Å². The second-order valence-corrected chi connectivity index (χ2v) is 5.38. The van der Waals surface area contributed by atoms with Gasteiger partial charge in [0.05, 0.1) is 10.7 Å². The molecule has 2 rings (SSSR count). The van der Waals surface area contributed by atoms with Crippen LogP contribution >= 0.6 is 11.6 Å². The number of hydrogen-bond acceptors (Lipinski definition) is 2. The highest BCUT2D eigenvalue weighted by Crippen LogP contribution is 2.24. The summed E-state index contributed by atoms with van der Waals surface area (Å²) in [6, 6.07) is 12.5. The van der Waals surface area contributed by atoms with Gasteiger partial charge in [-0.2, -0.15) is 0 Å². The molecule has 0 heterocycles. The number of halogens is 1. The van der Waals surface area contributed by atoms with Crippen molar-refractivity contribution in [2.24, 2.45) is 0 Å². The van der Waals surface area contributed by atoms with Gasteiger partial charge in [-0.25, -0.2) is 0 Å². The van der Waals surface area contributed by atoms with Gasteiger partial charge in [0.2, 0.25) is 0 Å². The second kappa shape index (κ2) is 5.97. The number of nitrogens with one attached hydrogen (secondary N) is 1. The minimum absolute atomic E-state index is 0.201. The molecule has 0 atom stereocenters. The smallest absolute Gasteiger partial charge is 0.255 e. The first kappa shape index (κ1) is 14.4. The number of amides is 1. The lowest BCUT2D eigenvalue weighted by atomic mass is 10.0. The standard InChI is InChI=1S/C16H17ClN2O/c1-10(2)11-3-5-12(6-4-11)16(20)19-15-9-13(18)7-8-14(15)17/h3-10H,18H2,1-2H3,(H,19,20). The molecule has 2 aromatic rings. The van der Waals surface area contributed by atoms with Crippen molar-refractivity contribution in [3.8, 4) is 0 Å². The maximum absolute atomic E-state index is 12.1. The van der Waals surface area contributed by atoms with E-state index in [9.17, 15) is 4.79 Å². The maximum atomic E-state index is 12.1. The molecule has 0 aliphatic rings. The molecular formula is C16H17ClN2O. The number of carbonyl (C=O) groups is 1. The van der Waals surface area contributed by atoms with Gasteiger partial charge >= 0.3 is 0 Å². The molecule has 0 saturated carbocycles. The largest absolute Gasteiger partial charge is 0.399 e. The summed E-state index contributed by atoms with van der Waals surface area (Å²) >= 11 is 6.02. The summed E-state index contributed by atoms with van der Waals surface area (Å²) in [6.07, 6.45) is 0. The Labute approximate surface area is 123 Å². The van der Waals surface area contributed by atoms with E-state index in [4.69, 9.17) is 17.3 Å². The Kier molecular flexibility index (Phi) is 4.30. The van der Waals surface area contributed by atoms with E-state index in [1.807, 2.05) is 24.3 Å². The van der Waals surface area contributed by atoms with Crippen molar-refractivity contribution in [1.29, 1.82) is 0 Å². The first-order valence-electron chi connectivity index (χ1n) is 6.43. The highest BCUT2D eigenvalue weighted by molar-refractivity contribution is 6.34. The normalized spacial score (nSPS) is 10.6. The third kappa shape index (κ3) is 3.31. The molecule has 0 aliphatic heterocycles. The maximum Gasteiger partial charge on any atom is 0.255 e. The number of anilines is 2. The van der Waals surface area contributed by atoms with Crippen molar-refractivity contribution in [2.45, 2.75) is 19.8 Å². The van der Waals surface area contributed by atoms with Crippen LogP contribution in [0.3, 0.4) is 0 Å². The number of benzene rings is 2. The van der Waals surface area contributed by atoms with E-state index in [0.717, 1.165) is 0 Å². The summed E-state index contributed by atoms with van der Waals surface area (Å²) in [4.78, 5) is 12.1. The van der Waals surface area contributed by atoms with Crippen LogP contribution in [0.5, 0.6) is 0 Å². The Morgan fingerprint density at radius 3 is 2.40 bits per heavy atom. The van der Waals surface area contributed by atoms with Crippen molar-refractivity contribution < 1.29 is 4.79 Å². The number of nitrogens with two attached hydrogens (primary N) is 1. The van der Waals surface area contributed by atoms with E-state index in [-0.39, 0.29) is 5.91 Å². The molecule has 4 heteroatoms. The van der Waals surface area contributed by atoms with Crippen LogP contribution in [0.1, 0.15) is 35.7 Å². The Balaban J connectivity index is 2.17. The van der Waals surface area contributed by atoms with Gasteiger partial charge in [0.15, 0.2) is 0 Å². The first-order chi connectivity index (χ1) is 9.47. The monoisotopic (exact) mass is 288 g/mol. The van der Waals surface area contributed by atoms with E-state index in [1.165, 1.54) is 5.56 Å². The van der Waals surface area contributed by atoms with Crippen LogP contribution in [0, 0.1) is 0 Å². The lowest BCUT2D eigenvalue weighted by molar-refractivity contribution is 0.102. The Morgan fingerprint density at radius 2 is 1.80 bits per heavy atom. The van der Waals surface area contributed by atoms with Gasteiger partial charge in [-0.1, -0.05) is 37.6 Å². The third-order valence-corrected chi connectivity index (χ3v) is 3.41. The highest BCUT2D eigenvalue weighted by Gasteiger charge is 2.09. The SMILES string of the molecule is CC(C)c1ccc(C(=O)Nc2cc(N)ccc2Cl)cc1. The van der Waals surface area contributed by atoms with Crippen molar-refractivity contribution in [1.82, 2.24) is 0 Å². The Hall–Kier alpha value is -2.00. The summed E-state index contributed by atoms with van der Waals surface area (Å²) in [5.74, 6) is 0.239. The molecule has 0 radical (unpaired) electrons. The number of nitrogen functional groups attached to an aromatic ring is 1. The number of rotatable bonds is 3. The van der Waals surface area contributed by atoms with E-state index in [2.05, 4.69) is 19.2 Å². The van der Waals surface area contributed by atoms with Gasteiger partial charge in [-0.05, 0) is 41.8 Å². The van der Waals surface area contributed by atoms with Crippen molar-refractivity contribution >= 4 is 28.9 Å². The van der Waals surface area contributed by atoms with Crippen molar-refractivity contribution in [3.63, 3.8) is 0 Å². The fourth-order valence-electron chi connectivity index (χ4n) is 1.85. The minimum atomic E-state index is -0.201. The zero-order valence-corrected chi connectivity index (χ0v) is 12.2. The van der Waals surface area contributed by atoms with Crippen LogP contribution in [0.25, 0.3) is 0 Å². The second-order valence-electron chi connectivity index (χ2n) is 4.97. The van der Waals surface area contributed by atoms with Crippen LogP contribution in [0.4, 0.5) is 11.4 Å². The predicted molar refractivity (Wildman–Crippen MR) is 84.3 cm³/mol. The summed E-state index contributed by atoms with van der Waals surface area (Å²) < 4.78 is 0. The molecular weight excluding hydrogens is 272 g/mol. The molecule has 0 aliphatic carbocycles. The molecule has 3 N–H and O–H groups in total. The van der Waals surface area contributed by atoms with Gasteiger partial charge in [0.25, 0.3) is 5.91 Å². The third-order valence-electron chi connectivity index (χ3n) is 3.08. The van der Waals surface area contributed by atoms with Crippen LogP contribution in [0.2, 0.25) is 5.02 Å². The first-order valence-corrected chi connectivity index (χ1v) is 6.81. The van der Waals surface area contributed by atoms with E-state index >= 15 is 0 Å². The lowest BCUT2D eigenvalue weighted by Crippen LogP contribution is -2.12. The van der Waals surface area contributed by atoms with Gasteiger partial charge in [-0.15, -0.1) is 0 Å². The average Bonchev–Trinajstić information content (AvgIpc) is 2.43. The molecule has 104 valence electrons. The Bertz CT molecular complexity index is 621. The molecule has 20 heavy (non-hydrogen) atoms. The zero-order chi connectivity index (χ0) is 14.7. The average molecular weight is 289 g/mol. The zero-order valence-electron chi connectivity index (χ0n) is 11.5. The van der Waals surface area contributed by atoms with Crippen LogP contribution in [-0.2, 0) is 0 Å². The topological polar surface area (TPSA) is 55.1 Å². The summed E-state index contributed by atoms with van der Waals surface area (Å²) in [5, 5.41) is 3.23. The molecule has 0 fully saturated rings. The Morgan fingerprint density at radius 1 is 1.15 bits per heavy atom. The molecule has 3 nitrogen and oxygen atoms in total. The summed E-state index contributed by atoms with van der Waals surface area (Å²) in [5.41, 5.74) is 8.55. The molecule has 0 aromatic heterocycles. The van der Waals surface area contributed by atoms with E-state index < -0.39 is 0 Å². The molecule has 2 aromatic carbocycles. The number of carbonyl (C=O) groups excluding carboxylic acids is 1. The summed E-state index contributed by atoms with van der Waals surface area (Å²) in [7, 11) is 0. The highest BCUT2D eigenvalue weighted by atomic mass is 35.5. The van der Waals surface area contributed by atoms with E-state index in [1.54, 1.807) is 18.2 Å². The molecule has 0 saturated heterocycles. The van der Waals surface area contributed by atoms with Crippen LogP contribution in [0.15, 0.2) is 42.5 Å². The predicted octanol–water partition coefficient (Wildman–Crippen LogP) is 4.30. The van der Waals surface area contributed by atoms with Gasteiger partial charge in [0.1, 0.15) is 0 Å². The van der Waals surface area contributed by atoms with Crippen LogP contribution in [-0.4, -0.2) is 5.91 Å².